The number of carboxylic acid groups (broad SMARTS) is 1. The van der Waals surface area contributed by atoms with E-state index in [1.165, 1.54) is 0 Å². The monoisotopic (exact) mass is 370 g/mol. The molecule has 0 bridgehead atoms. The lowest BCUT2D eigenvalue weighted by Gasteiger charge is -2.22. The van der Waals surface area contributed by atoms with Crippen LogP contribution in [0.3, 0.4) is 0 Å². The fourth-order valence-electron chi connectivity index (χ4n) is 3.92. The predicted octanol–water partition coefficient (Wildman–Crippen LogP) is 3.51. The van der Waals surface area contributed by atoms with Crippen LogP contribution in [0.5, 0.6) is 0 Å². The first-order chi connectivity index (χ1) is 12.4. The summed E-state index contributed by atoms with van der Waals surface area (Å²) in [6.45, 7) is 4.18. The van der Waals surface area contributed by atoms with Gasteiger partial charge in [-0.1, -0.05) is 58.1 Å². The number of aliphatic hydroxyl groups is 3. The van der Waals surface area contributed by atoms with Crippen molar-refractivity contribution in [1.82, 2.24) is 0 Å². The quantitative estimate of drug-likeness (QED) is 0.294. The maximum Gasteiger partial charge on any atom is 0.303 e. The molecular formula is C21H38O5. The number of hydrogen-bond donors (Lipinski definition) is 4. The molecule has 0 saturated heterocycles. The number of rotatable bonds is 13. The molecule has 2 unspecified atom stereocenters. The molecule has 0 amide bonds. The Kier molecular flexibility index (Phi) is 11.1. The van der Waals surface area contributed by atoms with E-state index >= 15 is 0 Å². The van der Waals surface area contributed by atoms with E-state index in [2.05, 4.69) is 6.92 Å². The Morgan fingerprint density at radius 2 is 1.81 bits per heavy atom. The van der Waals surface area contributed by atoms with Gasteiger partial charge in [0.2, 0.25) is 0 Å². The largest absolute Gasteiger partial charge is 0.481 e. The molecule has 1 aliphatic rings. The summed E-state index contributed by atoms with van der Waals surface area (Å²) in [5, 5.41) is 39.5. The minimum absolute atomic E-state index is 0.0128. The highest BCUT2D eigenvalue weighted by Gasteiger charge is 2.39. The van der Waals surface area contributed by atoms with Gasteiger partial charge >= 0.3 is 5.97 Å². The van der Waals surface area contributed by atoms with E-state index in [-0.39, 0.29) is 24.2 Å². The van der Waals surface area contributed by atoms with Crippen molar-refractivity contribution in [3.63, 3.8) is 0 Å². The Labute approximate surface area is 158 Å². The molecule has 0 aromatic rings. The second kappa shape index (κ2) is 12.5. The molecule has 0 aromatic heterocycles. The Morgan fingerprint density at radius 3 is 2.46 bits per heavy atom. The van der Waals surface area contributed by atoms with Gasteiger partial charge in [-0.25, -0.2) is 0 Å². The number of carbonyl (C=O) groups is 1. The zero-order chi connectivity index (χ0) is 19.5. The van der Waals surface area contributed by atoms with Gasteiger partial charge in [0.15, 0.2) is 0 Å². The number of aliphatic carboxylic acids is 1. The van der Waals surface area contributed by atoms with E-state index in [0.29, 0.717) is 12.8 Å². The third kappa shape index (κ3) is 8.19. The zero-order valence-corrected chi connectivity index (χ0v) is 16.4. The van der Waals surface area contributed by atoms with E-state index in [9.17, 15) is 20.1 Å². The van der Waals surface area contributed by atoms with Crippen LogP contribution in [0.15, 0.2) is 12.2 Å². The van der Waals surface area contributed by atoms with E-state index in [0.717, 1.165) is 44.9 Å². The molecular weight excluding hydrogens is 332 g/mol. The predicted molar refractivity (Wildman–Crippen MR) is 103 cm³/mol. The number of unbranched alkanes of at least 4 members (excludes halogenated alkanes) is 4. The molecule has 1 aliphatic carbocycles. The van der Waals surface area contributed by atoms with Gasteiger partial charge in [-0.3, -0.25) is 4.79 Å². The molecule has 0 spiro atoms. The SMILES string of the molecule is CCCCC(C)C(O)/C=C/[C@@H]1[C@@H](CCCCCCC(=O)O)[C@@H](O)C[C@H]1O. The molecule has 0 radical (unpaired) electrons. The second-order valence-corrected chi connectivity index (χ2v) is 7.95. The molecule has 4 N–H and O–H groups in total. The topological polar surface area (TPSA) is 98.0 Å². The van der Waals surface area contributed by atoms with Gasteiger partial charge in [0.1, 0.15) is 0 Å². The Morgan fingerprint density at radius 1 is 1.12 bits per heavy atom. The number of hydrogen-bond acceptors (Lipinski definition) is 4. The average Bonchev–Trinajstić information content (AvgIpc) is 2.86. The zero-order valence-electron chi connectivity index (χ0n) is 16.4. The Hall–Kier alpha value is -0.910. The van der Waals surface area contributed by atoms with Crippen molar-refractivity contribution in [1.29, 1.82) is 0 Å². The maximum absolute atomic E-state index is 10.5. The van der Waals surface area contributed by atoms with E-state index in [1.54, 1.807) is 6.08 Å². The van der Waals surface area contributed by atoms with Crippen LogP contribution in [0, 0.1) is 17.8 Å². The van der Waals surface area contributed by atoms with Gasteiger partial charge in [-0.2, -0.15) is 0 Å². The maximum atomic E-state index is 10.5. The molecule has 0 heterocycles. The lowest BCUT2D eigenvalue weighted by atomic mass is 9.87. The summed E-state index contributed by atoms with van der Waals surface area (Å²) < 4.78 is 0. The van der Waals surface area contributed by atoms with Crippen LogP contribution in [0.25, 0.3) is 0 Å². The smallest absolute Gasteiger partial charge is 0.303 e. The summed E-state index contributed by atoms with van der Waals surface area (Å²) in [7, 11) is 0. The van der Waals surface area contributed by atoms with Crippen LogP contribution < -0.4 is 0 Å². The highest BCUT2D eigenvalue weighted by atomic mass is 16.4. The first kappa shape index (κ1) is 23.1. The summed E-state index contributed by atoms with van der Waals surface area (Å²) >= 11 is 0. The lowest BCUT2D eigenvalue weighted by molar-refractivity contribution is -0.137. The van der Waals surface area contributed by atoms with E-state index in [4.69, 9.17) is 5.11 Å². The van der Waals surface area contributed by atoms with Crippen LogP contribution >= 0.6 is 0 Å². The highest BCUT2D eigenvalue weighted by molar-refractivity contribution is 5.66. The van der Waals surface area contributed by atoms with Crippen LogP contribution in [-0.4, -0.2) is 44.7 Å². The molecule has 1 fully saturated rings. The third-order valence-corrected chi connectivity index (χ3v) is 5.72. The van der Waals surface area contributed by atoms with Gasteiger partial charge in [0.25, 0.3) is 0 Å². The third-order valence-electron chi connectivity index (χ3n) is 5.72. The van der Waals surface area contributed by atoms with Gasteiger partial charge in [-0.05, 0) is 31.1 Å². The molecule has 1 saturated carbocycles. The van der Waals surface area contributed by atoms with Crippen LogP contribution in [0.1, 0.15) is 78.1 Å². The van der Waals surface area contributed by atoms with Crippen molar-refractivity contribution in [3.05, 3.63) is 12.2 Å². The summed E-state index contributed by atoms with van der Waals surface area (Å²) in [4.78, 5) is 10.5. The van der Waals surface area contributed by atoms with Gasteiger partial charge in [0, 0.05) is 18.8 Å². The van der Waals surface area contributed by atoms with Crippen molar-refractivity contribution in [3.8, 4) is 0 Å². The van der Waals surface area contributed by atoms with Crippen LogP contribution in [0.4, 0.5) is 0 Å². The fourth-order valence-corrected chi connectivity index (χ4v) is 3.92. The first-order valence-electron chi connectivity index (χ1n) is 10.3. The van der Waals surface area contributed by atoms with E-state index < -0.39 is 24.3 Å². The molecule has 5 heteroatoms. The number of aliphatic hydroxyl groups excluding tert-OH is 3. The highest BCUT2D eigenvalue weighted by Crippen LogP contribution is 2.37. The lowest BCUT2D eigenvalue weighted by Crippen LogP contribution is -2.22. The normalized spacial score (nSPS) is 28.5. The number of carboxylic acids is 1. The van der Waals surface area contributed by atoms with Gasteiger partial charge in [-0.15, -0.1) is 0 Å². The Balaban J connectivity index is 2.45. The summed E-state index contributed by atoms with van der Waals surface area (Å²) in [5.74, 6) is -0.658. The van der Waals surface area contributed by atoms with Crippen LogP contribution in [0.2, 0.25) is 0 Å². The van der Waals surface area contributed by atoms with Crippen molar-refractivity contribution in [2.45, 2.75) is 96.4 Å². The van der Waals surface area contributed by atoms with Crippen molar-refractivity contribution >= 4 is 5.97 Å². The molecule has 152 valence electrons. The van der Waals surface area contributed by atoms with Crippen LogP contribution in [-0.2, 0) is 4.79 Å². The van der Waals surface area contributed by atoms with E-state index in [1.807, 2.05) is 13.0 Å². The Bertz CT molecular complexity index is 423. The average molecular weight is 371 g/mol. The van der Waals surface area contributed by atoms with Gasteiger partial charge < -0.3 is 20.4 Å². The van der Waals surface area contributed by atoms with Crippen molar-refractivity contribution < 1.29 is 25.2 Å². The second-order valence-electron chi connectivity index (χ2n) is 7.95. The standard InChI is InChI=1S/C21H38O5/c1-3-4-9-15(2)18(22)13-12-17-16(19(23)14-20(17)24)10-7-5-6-8-11-21(25)26/h12-13,15-20,22-24H,3-11,14H2,1-2H3,(H,25,26)/b13-12+/t15?,16-,17-,18?,19+,20-/m1/s1. The summed E-state index contributed by atoms with van der Waals surface area (Å²) in [6.07, 6.45) is 10.2. The first-order valence-corrected chi connectivity index (χ1v) is 10.3. The molecule has 1 rings (SSSR count). The minimum Gasteiger partial charge on any atom is -0.481 e. The van der Waals surface area contributed by atoms with Crippen molar-refractivity contribution in [2.24, 2.45) is 17.8 Å². The summed E-state index contributed by atoms with van der Waals surface area (Å²) in [5.41, 5.74) is 0. The summed E-state index contributed by atoms with van der Waals surface area (Å²) in [6, 6.07) is 0. The molecule has 5 nitrogen and oxygen atoms in total. The van der Waals surface area contributed by atoms with Crippen molar-refractivity contribution in [2.75, 3.05) is 0 Å². The minimum atomic E-state index is -0.753. The fraction of sp³-hybridized carbons (Fsp3) is 0.857. The molecule has 6 atom stereocenters. The molecule has 0 aliphatic heterocycles. The molecule has 26 heavy (non-hydrogen) atoms. The van der Waals surface area contributed by atoms with Gasteiger partial charge in [0.05, 0.1) is 18.3 Å². The molecule has 0 aromatic carbocycles.